The molecule has 0 saturated carbocycles. The molecule has 2 atom stereocenters. The van der Waals surface area contributed by atoms with E-state index in [9.17, 15) is 4.79 Å². The predicted octanol–water partition coefficient (Wildman–Crippen LogP) is 4.14. The van der Waals surface area contributed by atoms with Gasteiger partial charge in [0.1, 0.15) is 5.82 Å². The molecule has 2 saturated heterocycles. The van der Waals surface area contributed by atoms with E-state index in [1.165, 1.54) is 0 Å². The third-order valence-electron chi connectivity index (χ3n) is 5.93. The number of hydrogen-bond acceptors (Lipinski definition) is 5. The fourth-order valence-corrected chi connectivity index (χ4v) is 4.66. The highest BCUT2D eigenvalue weighted by atomic mass is 79.9. The predicted molar refractivity (Wildman–Crippen MR) is 121 cm³/mol. The summed E-state index contributed by atoms with van der Waals surface area (Å²) in [7, 11) is 0. The normalized spacial score (nSPS) is 23.8. The number of amides is 1. The number of pyridine rings is 1. The van der Waals surface area contributed by atoms with Crippen LogP contribution in [0.2, 0.25) is 0 Å². The SMILES string of the molecule is CC1CN(c2ccc(NC(=O)C3(c4ccc(Br)cc4)CCOCC3)cn2)CC(C)O1. The molecule has 1 N–H and O–H groups in total. The van der Waals surface area contributed by atoms with Crippen LogP contribution in [0.5, 0.6) is 0 Å². The molecule has 0 radical (unpaired) electrons. The molecule has 0 aliphatic carbocycles. The van der Waals surface area contributed by atoms with Gasteiger partial charge in [0.2, 0.25) is 5.91 Å². The Bertz CT molecular complexity index is 856. The van der Waals surface area contributed by atoms with Crippen molar-refractivity contribution in [3.05, 3.63) is 52.6 Å². The molecule has 30 heavy (non-hydrogen) atoms. The first kappa shape index (κ1) is 21.3. The van der Waals surface area contributed by atoms with E-state index in [2.05, 4.69) is 45.0 Å². The third-order valence-corrected chi connectivity index (χ3v) is 6.46. The van der Waals surface area contributed by atoms with Gasteiger partial charge in [-0.3, -0.25) is 4.79 Å². The van der Waals surface area contributed by atoms with E-state index < -0.39 is 5.41 Å². The number of aromatic nitrogens is 1. The van der Waals surface area contributed by atoms with Crippen LogP contribution in [0.15, 0.2) is 47.1 Å². The fourth-order valence-electron chi connectivity index (χ4n) is 4.40. The number of morpholine rings is 1. The molecule has 6 nitrogen and oxygen atoms in total. The van der Waals surface area contributed by atoms with E-state index in [1.54, 1.807) is 6.20 Å². The summed E-state index contributed by atoms with van der Waals surface area (Å²) in [6.45, 7) is 6.94. The number of rotatable bonds is 4. The van der Waals surface area contributed by atoms with E-state index in [-0.39, 0.29) is 18.1 Å². The Labute approximate surface area is 186 Å². The molecule has 2 fully saturated rings. The van der Waals surface area contributed by atoms with Crippen molar-refractivity contribution < 1.29 is 14.3 Å². The Morgan fingerprint density at radius 1 is 1.10 bits per heavy atom. The van der Waals surface area contributed by atoms with E-state index in [0.29, 0.717) is 31.7 Å². The van der Waals surface area contributed by atoms with Gasteiger partial charge in [0.05, 0.1) is 29.5 Å². The number of carbonyl (C=O) groups is 1. The summed E-state index contributed by atoms with van der Waals surface area (Å²) in [6.07, 6.45) is 3.42. The van der Waals surface area contributed by atoms with Crippen LogP contribution in [0.1, 0.15) is 32.3 Å². The second-order valence-electron chi connectivity index (χ2n) is 8.22. The van der Waals surface area contributed by atoms with Crippen molar-refractivity contribution in [3.63, 3.8) is 0 Å². The zero-order chi connectivity index (χ0) is 21.1. The quantitative estimate of drug-likeness (QED) is 0.722. The standard InChI is InChI=1S/C23H28BrN3O3/c1-16-14-27(15-17(2)30-16)21-8-7-20(13-25-21)26-22(28)23(9-11-29-12-10-23)18-3-5-19(24)6-4-18/h3-8,13,16-17H,9-12,14-15H2,1-2H3,(H,26,28). The lowest BCUT2D eigenvalue weighted by Crippen LogP contribution is -2.46. The maximum Gasteiger partial charge on any atom is 0.235 e. The molecular weight excluding hydrogens is 446 g/mol. The largest absolute Gasteiger partial charge is 0.381 e. The van der Waals surface area contributed by atoms with E-state index >= 15 is 0 Å². The topological polar surface area (TPSA) is 63.7 Å². The number of halogens is 1. The minimum Gasteiger partial charge on any atom is -0.381 e. The van der Waals surface area contributed by atoms with Gasteiger partial charge in [-0.25, -0.2) is 4.98 Å². The minimum absolute atomic E-state index is 0.00344. The van der Waals surface area contributed by atoms with Gasteiger partial charge in [0.25, 0.3) is 0 Å². The molecule has 2 aromatic rings. The third kappa shape index (κ3) is 4.53. The molecule has 2 unspecified atom stereocenters. The number of hydrogen-bond donors (Lipinski definition) is 1. The molecule has 160 valence electrons. The highest BCUT2D eigenvalue weighted by Gasteiger charge is 2.41. The van der Waals surface area contributed by atoms with Crippen molar-refractivity contribution in [1.29, 1.82) is 0 Å². The van der Waals surface area contributed by atoms with Crippen LogP contribution in [0.25, 0.3) is 0 Å². The van der Waals surface area contributed by atoms with Gasteiger partial charge in [-0.05, 0) is 56.5 Å². The van der Waals surface area contributed by atoms with Crippen LogP contribution in [0.4, 0.5) is 11.5 Å². The fraction of sp³-hybridized carbons (Fsp3) is 0.478. The van der Waals surface area contributed by atoms with Crippen molar-refractivity contribution in [1.82, 2.24) is 4.98 Å². The van der Waals surface area contributed by atoms with Crippen LogP contribution >= 0.6 is 15.9 Å². The monoisotopic (exact) mass is 473 g/mol. The minimum atomic E-state index is -0.591. The van der Waals surface area contributed by atoms with Crippen molar-refractivity contribution in [2.24, 2.45) is 0 Å². The molecule has 2 aliphatic heterocycles. The highest BCUT2D eigenvalue weighted by Crippen LogP contribution is 2.37. The second kappa shape index (κ2) is 9.04. The molecule has 0 spiro atoms. The Morgan fingerprint density at radius 2 is 1.77 bits per heavy atom. The molecule has 0 bridgehead atoms. The smallest absolute Gasteiger partial charge is 0.235 e. The molecule has 1 aromatic heterocycles. The summed E-state index contributed by atoms with van der Waals surface area (Å²) in [5.41, 5.74) is 1.14. The zero-order valence-corrected chi connectivity index (χ0v) is 19.0. The lowest BCUT2D eigenvalue weighted by Gasteiger charge is -2.37. The summed E-state index contributed by atoms with van der Waals surface area (Å²) >= 11 is 3.48. The second-order valence-corrected chi connectivity index (χ2v) is 9.14. The summed E-state index contributed by atoms with van der Waals surface area (Å²) in [6, 6.07) is 11.9. The summed E-state index contributed by atoms with van der Waals surface area (Å²) in [5.74, 6) is 0.903. The Kier molecular flexibility index (Phi) is 6.41. The zero-order valence-electron chi connectivity index (χ0n) is 17.4. The van der Waals surface area contributed by atoms with Crippen LogP contribution < -0.4 is 10.2 Å². The number of ether oxygens (including phenoxy) is 2. The lowest BCUT2D eigenvalue weighted by atomic mass is 9.73. The number of nitrogens with one attached hydrogen (secondary N) is 1. The molecule has 1 amide bonds. The molecule has 4 rings (SSSR count). The maximum absolute atomic E-state index is 13.4. The lowest BCUT2D eigenvalue weighted by molar-refractivity contribution is -0.125. The van der Waals surface area contributed by atoms with E-state index in [1.807, 2.05) is 36.4 Å². The summed E-state index contributed by atoms with van der Waals surface area (Å²) in [5, 5.41) is 3.10. The first-order valence-corrected chi connectivity index (χ1v) is 11.3. The van der Waals surface area contributed by atoms with Gasteiger partial charge in [0.15, 0.2) is 0 Å². The average Bonchev–Trinajstić information content (AvgIpc) is 2.74. The first-order valence-electron chi connectivity index (χ1n) is 10.5. The van der Waals surface area contributed by atoms with Crippen LogP contribution in [-0.2, 0) is 19.7 Å². The molecular formula is C23H28BrN3O3. The number of benzene rings is 1. The van der Waals surface area contributed by atoms with Gasteiger partial charge in [0, 0.05) is 30.8 Å². The van der Waals surface area contributed by atoms with E-state index in [0.717, 1.165) is 28.9 Å². The molecule has 3 heterocycles. The maximum atomic E-state index is 13.4. The number of nitrogens with zero attached hydrogens (tertiary/aromatic N) is 2. The van der Waals surface area contributed by atoms with Gasteiger partial charge < -0.3 is 19.7 Å². The van der Waals surface area contributed by atoms with Gasteiger partial charge in [-0.1, -0.05) is 28.1 Å². The van der Waals surface area contributed by atoms with E-state index in [4.69, 9.17) is 9.47 Å². The number of carbonyl (C=O) groups excluding carboxylic acids is 1. The van der Waals surface area contributed by atoms with Crippen molar-refractivity contribution in [3.8, 4) is 0 Å². The first-order chi connectivity index (χ1) is 14.5. The van der Waals surface area contributed by atoms with Crippen molar-refractivity contribution >= 4 is 33.3 Å². The Balaban J connectivity index is 1.51. The highest BCUT2D eigenvalue weighted by molar-refractivity contribution is 9.10. The number of anilines is 2. The van der Waals surface area contributed by atoms with Crippen molar-refractivity contribution in [2.75, 3.05) is 36.5 Å². The van der Waals surface area contributed by atoms with Crippen molar-refractivity contribution in [2.45, 2.75) is 44.3 Å². The van der Waals surface area contributed by atoms with Gasteiger partial charge in [-0.15, -0.1) is 0 Å². The van der Waals surface area contributed by atoms with Gasteiger partial charge >= 0.3 is 0 Å². The Morgan fingerprint density at radius 3 is 2.37 bits per heavy atom. The van der Waals surface area contributed by atoms with Gasteiger partial charge in [-0.2, -0.15) is 0 Å². The molecule has 1 aromatic carbocycles. The summed E-state index contributed by atoms with van der Waals surface area (Å²) in [4.78, 5) is 20.2. The average molecular weight is 474 g/mol. The molecule has 7 heteroatoms. The Hall–Kier alpha value is -1.96. The van der Waals surface area contributed by atoms with Crippen LogP contribution in [0.3, 0.4) is 0 Å². The van der Waals surface area contributed by atoms with Crippen LogP contribution in [-0.4, -0.2) is 49.4 Å². The van der Waals surface area contributed by atoms with Crippen LogP contribution in [0, 0.1) is 0 Å². The summed E-state index contributed by atoms with van der Waals surface area (Å²) < 4.78 is 12.4. The molecule has 2 aliphatic rings.